The summed E-state index contributed by atoms with van der Waals surface area (Å²) < 4.78 is 5.61. The number of carbonyl (C=O) groups excluding carboxylic acids is 1. The summed E-state index contributed by atoms with van der Waals surface area (Å²) in [5.74, 6) is -0.327. The molecule has 188 valence electrons. The van der Waals surface area contributed by atoms with Gasteiger partial charge >= 0.3 is 5.97 Å². The Bertz CT molecular complexity index is 1700. The summed E-state index contributed by atoms with van der Waals surface area (Å²) in [6, 6.07) is 17.7. The van der Waals surface area contributed by atoms with E-state index in [0.29, 0.717) is 23.0 Å². The van der Waals surface area contributed by atoms with Crippen LogP contribution in [0.15, 0.2) is 94.4 Å². The van der Waals surface area contributed by atoms with Crippen molar-refractivity contribution in [2.24, 2.45) is 5.73 Å². The fourth-order valence-corrected chi connectivity index (χ4v) is 4.36. The second kappa shape index (κ2) is 10.5. The van der Waals surface area contributed by atoms with Crippen molar-refractivity contribution in [1.82, 2.24) is 28.7 Å². The molecule has 0 bridgehead atoms. The zero-order valence-electron chi connectivity index (χ0n) is 19.4. The number of carboxylic acids is 1. The number of carbonyl (C=O) groups is 2. The lowest BCUT2D eigenvalue weighted by Gasteiger charge is -2.02. The molecular formula is C26H17Br2N7O3. The molecule has 1 amide bonds. The highest BCUT2D eigenvalue weighted by Gasteiger charge is 2.12. The Morgan fingerprint density at radius 1 is 0.711 bits per heavy atom. The van der Waals surface area contributed by atoms with Gasteiger partial charge in [0, 0.05) is 21.3 Å². The van der Waals surface area contributed by atoms with E-state index in [1.54, 1.807) is 42.7 Å². The van der Waals surface area contributed by atoms with Crippen molar-refractivity contribution >= 4 is 54.8 Å². The molecule has 6 aromatic heterocycles. The van der Waals surface area contributed by atoms with E-state index in [9.17, 15) is 9.59 Å². The van der Waals surface area contributed by atoms with Crippen LogP contribution in [0.25, 0.3) is 34.1 Å². The number of amides is 1. The first-order valence-corrected chi connectivity index (χ1v) is 12.6. The second-order valence-corrected chi connectivity index (χ2v) is 9.76. The maximum atomic E-state index is 11.2. The molecule has 6 rings (SSSR count). The Balaban J connectivity index is 0.000000155. The molecule has 0 saturated heterocycles. The molecule has 0 aliphatic rings. The molecule has 0 fully saturated rings. The maximum absolute atomic E-state index is 11.2. The summed E-state index contributed by atoms with van der Waals surface area (Å²) >= 11 is 6.82. The van der Waals surface area contributed by atoms with Crippen molar-refractivity contribution in [2.75, 3.05) is 0 Å². The number of nitrogens with two attached hydrogens (primary N) is 1. The van der Waals surface area contributed by atoms with Crippen molar-refractivity contribution in [1.29, 1.82) is 0 Å². The van der Waals surface area contributed by atoms with Gasteiger partial charge in [-0.2, -0.15) is 0 Å². The van der Waals surface area contributed by atoms with E-state index >= 15 is 0 Å². The molecule has 0 radical (unpaired) electrons. The molecule has 12 heteroatoms. The van der Waals surface area contributed by atoms with Gasteiger partial charge < -0.3 is 10.8 Å². The average Bonchev–Trinajstić information content (AvgIpc) is 3.53. The van der Waals surface area contributed by atoms with Crippen LogP contribution in [0.1, 0.15) is 21.0 Å². The molecule has 0 unspecified atom stereocenters. The lowest BCUT2D eigenvalue weighted by Crippen LogP contribution is -2.13. The molecule has 6 aromatic rings. The summed E-state index contributed by atoms with van der Waals surface area (Å²) in [5.41, 5.74) is 8.46. The number of fused-ring (bicyclic) bond motifs is 2. The molecule has 3 N–H and O–H groups in total. The Labute approximate surface area is 232 Å². The molecule has 10 nitrogen and oxygen atoms in total. The molecule has 0 spiro atoms. The van der Waals surface area contributed by atoms with Gasteiger partial charge in [-0.1, -0.05) is 12.1 Å². The maximum Gasteiger partial charge on any atom is 0.354 e. The molecule has 38 heavy (non-hydrogen) atoms. The minimum absolute atomic E-state index is 0.00393. The standard InChI is InChI=1S/C13H9BrN4O.C13H8BrN3O2/c14-8-4-5-9-6-16-13(18(9)7-8)11-3-1-2-10(17-11)12(15)19;14-8-4-5-9-6-15-12(17(9)7-8)10-2-1-3-11(16-10)13(18)19/h1-7H,(H2,15,19);1-7H,(H,18,19). The highest BCUT2D eigenvalue weighted by Crippen LogP contribution is 2.22. The number of aromatic nitrogens is 6. The minimum atomic E-state index is -1.05. The Hall–Kier alpha value is -4.42. The van der Waals surface area contributed by atoms with E-state index in [2.05, 4.69) is 51.8 Å². The van der Waals surface area contributed by atoms with Gasteiger partial charge in [-0.05, 0) is 80.4 Å². The number of pyridine rings is 4. The molecular weight excluding hydrogens is 618 g/mol. The van der Waals surface area contributed by atoms with Gasteiger partial charge in [-0.25, -0.2) is 24.7 Å². The highest BCUT2D eigenvalue weighted by molar-refractivity contribution is 9.10. The molecule has 0 atom stereocenters. The molecule has 0 aliphatic heterocycles. The third-order valence-corrected chi connectivity index (χ3v) is 6.35. The zero-order valence-corrected chi connectivity index (χ0v) is 22.5. The number of aromatic carboxylic acids is 1. The van der Waals surface area contributed by atoms with E-state index in [-0.39, 0.29) is 11.4 Å². The smallest absolute Gasteiger partial charge is 0.354 e. The van der Waals surface area contributed by atoms with Crippen LogP contribution in [0, 0.1) is 0 Å². The molecule has 0 aromatic carbocycles. The average molecular weight is 635 g/mol. The van der Waals surface area contributed by atoms with Crippen LogP contribution in [0.4, 0.5) is 0 Å². The Kier molecular flexibility index (Phi) is 6.99. The molecule has 0 aliphatic carbocycles. The van der Waals surface area contributed by atoms with Crippen LogP contribution >= 0.6 is 31.9 Å². The Morgan fingerprint density at radius 3 is 1.66 bits per heavy atom. The van der Waals surface area contributed by atoms with Crippen molar-refractivity contribution in [2.45, 2.75) is 0 Å². The highest BCUT2D eigenvalue weighted by atomic mass is 79.9. The lowest BCUT2D eigenvalue weighted by molar-refractivity contribution is 0.0690. The third-order valence-electron chi connectivity index (χ3n) is 5.41. The number of carboxylic acid groups (broad SMARTS) is 1. The van der Waals surface area contributed by atoms with Crippen LogP contribution in [-0.4, -0.2) is 45.7 Å². The van der Waals surface area contributed by atoms with Gasteiger partial charge in [0.05, 0.1) is 23.4 Å². The summed E-state index contributed by atoms with van der Waals surface area (Å²) in [4.78, 5) is 39.1. The summed E-state index contributed by atoms with van der Waals surface area (Å²) in [5, 5.41) is 8.97. The van der Waals surface area contributed by atoms with E-state index in [1.807, 2.05) is 45.5 Å². The number of hydrogen-bond donors (Lipinski definition) is 2. The largest absolute Gasteiger partial charge is 0.477 e. The van der Waals surface area contributed by atoms with E-state index in [4.69, 9.17) is 10.8 Å². The first-order chi connectivity index (χ1) is 18.3. The van der Waals surface area contributed by atoms with Crippen molar-refractivity contribution < 1.29 is 14.7 Å². The normalized spacial score (nSPS) is 10.8. The fourth-order valence-electron chi connectivity index (χ4n) is 3.68. The predicted octanol–water partition coefficient (Wildman–Crippen LogP) is 5.11. The topological polar surface area (TPSA) is 141 Å². The van der Waals surface area contributed by atoms with Gasteiger partial charge in [0.25, 0.3) is 5.91 Å². The van der Waals surface area contributed by atoms with E-state index in [0.717, 1.165) is 20.0 Å². The van der Waals surface area contributed by atoms with Crippen molar-refractivity contribution in [3.63, 3.8) is 0 Å². The van der Waals surface area contributed by atoms with Crippen LogP contribution in [0.5, 0.6) is 0 Å². The summed E-state index contributed by atoms with van der Waals surface area (Å²) in [6.45, 7) is 0. The third kappa shape index (κ3) is 5.17. The van der Waals surface area contributed by atoms with Crippen molar-refractivity contribution in [3.05, 3.63) is 106 Å². The number of rotatable bonds is 4. The molecule has 0 saturated carbocycles. The lowest BCUT2D eigenvalue weighted by atomic mass is 10.3. The summed E-state index contributed by atoms with van der Waals surface area (Å²) in [6.07, 6.45) is 7.24. The number of imidazole rings is 2. The van der Waals surface area contributed by atoms with Crippen LogP contribution in [-0.2, 0) is 0 Å². The van der Waals surface area contributed by atoms with Crippen LogP contribution < -0.4 is 5.73 Å². The number of primary amides is 1. The quantitative estimate of drug-likeness (QED) is 0.274. The van der Waals surface area contributed by atoms with E-state index < -0.39 is 11.9 Å². The second-order valence-electron chi connectivity index (χ2n) is 7.93. The first-order valence-electron chi connectivity index (χ1n) is 11.0. The number of hydrogen-bond acceptors (Lipinski definition) is 6. The van der Waals surface area contributed by atoms with Gasteiger partial charge in [-0.15, -0.1) is 0 Å². The zero-order chi connectivity index (χ0) is 26.8. The van der Waals surface area contributed by atoms with Gasteiger partial charge in [0.2, 0.25) is 0 Å². The van der Waals surface area contributed by atoms with Crippen LogP contribution in [0.3, 0.4) is 0 Å². The minimum Gasteiger partial charge on any atom is -0.477 e. The van der Waals surface area contributed by atoms with Crippen LogP contribution in [0.2, 0.25) is 0 Å². The fraction of sp³-hybridized carbons (Fsp3) is 0. The van der Waals surface area contributed by atoms with Gasteiger partial charge in [0.15, 0.2) is 11.6 Å². The SMILES string of the molecule is NC(=O)c1cccc(-c2ncc3ccc(Br)cn23)n1.O=C(O)c1cccc(-c2ncc3ccc(Br)cn23)n1. The monoisotopic (exact) mass is 633 g/mol. The summed E-state index contributed by atoms with van der Waals surface area (Å²) in [7, 11) is 0. The van der Waals surface area contributed by atoms with Gasteiger partial charge in [-0.3, -0.25) is 13.6 Å². The first kappa shape index (κ1) is 25.2. The van der Waals surface area contributed by atoms with Gasteiger partial charge in [0.1, 0.15) is 22.8 Å². The Morgan fingerprint density at radius 2 is 1.18 bits per heavy atom. The number of halogens is 2. The predicted molar refractivity (Wildman–Crippen MR) is 148 cm³/mol. The number of nitrogens with zero attached hydrogens (tertiary/aromatic N) is 6. The van der Waals surface area contributed by atoms with E-state index in [1.165, 1.54) is 6.07 Å². The van der Waals surface area contributed by atoms with Crippen molar-refractivity contribution in [3.8, 4) is 23.0 Å². The molecule has 6 heterocycles.